The van der Waals surface area contributed by atoms with Gasteiger partial charge < -0.3 is 10.4 Å². The van der Waals surface area contributed by atoms with Crippen molar-refractivity contribution in [3.05, 3.63) is 50.7 Å². The molecule has 0 radical (unpaired) electrons. The standard InChI is InChI=1S/C14H14ClNO2S/c1-2-10-4-5-11(19-10)8-16-14(18)12-7-9(15)3-6-13(12)17/h3-7,17H,2,8H2,1H3,(H,16,18). The number of rotatable bonds is 4. The molecule has 0 saturated heterocycles. The average molecular weight is 296 g/mol. The van der Waals surface area contributed by atoms with E-state index in [1.165, 1.54) is 17.0 Å². The molecule has 19 heavy (non-hydrogen) atoms. The van der Waals surface area contributed by atoms with Crippen LogP contribution in [-0.2, 0) is 13.0 Å². The van der Waals surface area contributed by atoms with Crippen molar-refractivity contribution in [2.24, 2.45) is 0 Å². The normalized spacial score (nSPS) is 10.4. The van der Waals surface area contributed by atoms with Crippen LogP contribution in [0, 0.1) is 0 Å². The third kappa shape index (κ3) is 3.49. The zero-order valence-corrected chi connectivity index (χ0v) is 12.0. The first-order chi connectivity index (χ1) is 9.10. The molecule has 0 aliphatic heterocycles. The largest absolute Gasteiger partial charge is 0.507 e. The van der Waals surface area contributed by atoms with Crippen LogP contribution in [0.15, 0.2) is 30.3 Å². The van der Waals surface area contributed by atoms with Crippen molar-refractivity contribution >= 4 is 28.8 Å². The fourth-order valence-corrected chi connectivity index (χ4v) is 2.73. The molecule has 0 unspecified atom stereocenters. The van der Waals surface area contributed by atoms with Gasteiger partial charge in [0.15, 0.2) is 0 Å². The number of phenols is 1. The van der Waals surface area contributed by atoms with Gasteiger partial charge in [-0.1, -0.05) is 18.5 Å². The Balaban J connectivity index is 2.03. The summed E-state index contributed by atoms with van der Waals surface area (Å²) in [5.41, 5.74) is 0.194. The quantitative estimate of drug-likeness (QED) is 0.905. The molecular weight excluding hydrogens is 282 g/mol. The van der Waals surface area contributed by atoms with Gasteiger partial charge in [-0.15, -0.1) is 11.3 Å². The third-order valence-corrected chi connectivity index (χ3v) is 4.16. The van der Waals surface area contributed by atoms with Crippen molar-refractivity contribution in [2.75, 3.05) is 0 Å². The summed E-state index contributed by atoms with van der Waals surface area (Å²) < 4.78 is 0. The van der Waals surface area contributed by atoms with Gasteiger partial charge in [-0.05, 0) is 36.8 Å². The van der Waals surface area contributed by atoms with Crippen molar-refractivity contribution in [1.82, 2.24) is 5.32 Å². The lowest BCUT2D eigenvalue weighted by molar-refractivity contribution is 0.0948. The smallest absolute Gasteiger partial charge is 0.255 e. The number of hydrogen-bond donors (Lipinski definition) is 2. The summed E-state index contributed by atoms with van der Waals surface area (Å²) in [6, 6.07) is 8.47. The van der Waals surface area contributed by atoms with Crippen LogP contribution in [0.3, 0.4) is 0 Å². The summed E-state index contributed by atoms with van der Waals surface area (Å²) in [5, 5.41) is 12.8. The minimum absolute atomic E-state index is 0.0673. The van der Waals surface area contributed by atoms with Crippen molar-refractivity contribution in [3.63, 3.8) is 0 Å². The zero-order valence-electron chi connectivity index (χ0n) is 10.4. The lowest BCUT2D eigenvalue weighted by atomic mass is 10.2. The molecule has 0 atom stereocenters. The summed E-state index contributed by atoms with van der Waals surface area (Å²) in [5.74, 6) is -0.395. The molecule has 0 bridgehead atoms. The Hall–Kier alpha value is -1.52. The summed E-state index contributed by atoms with van der Waals surface area (Å²) in [6.07, 6.45) is 0.994. The Bertz CT molecular complexity index is 595. The minimum atomic E-state index is -0.327. The van der Waals surface area contributed by atoms with Gasteiger partial charge in [0.05, 0.1) is 12.1 Å². The average Bonchev–Trinajstić information content (AvgIpc) is 2.87. The summed E-state index contributed by atoms with van der Waals surface area (Å²) in [7, 11) is 0. The van der Waals surface area contributed by atoms with Gasteiger partial charge in [0, 0.05) is 14.8 Å². The van der Waals surface area contributed by atoms with Crippen molar-refractivity contribution in [3.8, 4) is 5.75 Å². The Labute approximate surface area is 120 Å². The summed E-state index contributed by atoms with van der Waals surface area (Å²) in [6.45, 7) is 2.55. The van der Waals surface area contributed by atoms with Gasteiger partial charge in [-0.25, -0.2) is 0 Å². The second-order valence-electron chi connectivity index (χ2n) is 4.07. The maximum atomic E-state index is 11.9. The number of carbonyl (C=O) groups excluding carboxylic acids is 1. The molecule has 1 aromatic carbocycles. The molecule has 5 heteroatoms. The molecule has 2 aromatic rings. The molecule has 1 heterocycles. The van der Waals surface area contributed by atoms with Gasteiger partial charge in [0.25, 0.3) is 5.91 Å². The van der Waals surface area contributed by atoms with E-state index in [2.05, 4.69) is 18.3 Å². The number of hydrogen-bond acceptors (Lipinski definition) is 3. The number of aryl methyl sites for hydroxylation is 1. The van der Waals surface area contributed by atoms with Crippen molar-refractivity contribution in [2.45, 2.75) is 19.9 Å². The number of amides is 1. The first-order valence-corrected chi connectivity index (χ1v) is 7.14. The lowest BCUT2D eigenvalue weighted by Gasteiger charge is -2.06. The second-order valence-corrected chi connectivity index (χ2v) is 5.76. The molecule has 100 valence electrons. The van der Waals surface area contributed by atoms with E-state index >= 15 is 0 Å². The van der Waals surface area contributed by atoms with Crippen LogP contribution in [0.2, 0.25) is 5.02 Å². The number of carbonyl (C=O) groups is 1. The Kier molecular flexibility index (Phi) is 4.45. The van der Waals surface area contributed by atoms with Crippen LogP contribution in [-0.4, -0.2) is 11.0 Å². The monoisotopic (exact) mass is 295 g/mol. The van der Waals surface area contributed by atoms with Crippen LogP contribution in [0.5, 0.6) is 5.75 Å². The predicted octanol–water partition coefficient (Wildman–Crippen LogP) is 3.60. The highest BCUT2D eigenvalue weighted by Gasteiger charge is 2.11. The van der Waals surface area contributed by atoms with Gasteiger partial charge in [0.1, 0.15) is 5.75 Å². The summed E-state index contributed by atoms with van der Waals surface area (Å²) >= 11 is 7.49. The van der Waals surface area contributed by atoms with Crippen molar-refractivity contribution < 1.29 is 9.90 Å². The zero-order chi connectivity index (χ0) is 13.8. The highest BCUT2D eigenvalue weighted by Crippen LogP contribution is 2.22. The fraction of sp³-hybridized carbons (Fsp3) is 0.214. The maximum absolute atomic E-state index is 11.9. The van der Waals surface area contributed by atoms with E-state index in [1.807, 2.05) is 6.07 Å². The SMILES string of the molecule is CCc1ccc(CNC(=O)c2cc(Cl)ccc2O)s1. The molecule has 0 saturated carbocycles. The number of nitrogens with one attached hydrogen (secondary N) is 1. The lowest BCUT2D eigenvalue weighted by Crippen LogP contribution is -2.22. The van der Waals surface area contributed by atoms with Gasteiger partial charge in [0.2, 0.25) is 0 Å². The van der Waals surface area contributed by atoms with Crippen LogP contribution in [0.25, 0.3) is 0 Å². The molecule has 2 N–H and O–H groups in total. The molecule has 0 aliphatic carbocycles. The molecule has 1 amide bonds. The Morgan fingerprint density at radius 3 is 2.74 bits per heavy atom. The van der Waals surface area contributed by atoms with E-state index in [4.69, 9.17) is 11.6 Å². The Morgan fingerprint density at radius 1 is 1.32 bits per heavy atom. The topological polar surface area (TPSA) is 49.3 Å². The van der Waals surface area contributed by atoms with E-state index in [-0.39, 0.29) is 17.2 Å². The highest BCUT2D eigenvalue weighted by molar-refractivity contribution is 7.11. The van der Waals surface area contributed by atoms with Gasteiger partial charge >= 0.3 is 0 Å². The Morgan fingerprint density at radius 2 is 2.05 bits per heavy atom. The third-order valence-electron chi connectivity index (χ3n) is 2.69. The van der Waals surface area contributed by atoms with E-state index in [9.17, 15) is 9.90 Å². The van der Waals surface area contributed by atoms with E-state index in [0.717, 1.165) is 11.3 Å². The summed E-state index contributed by atoms with van der Waals surface area (Å²) in [4.78, 5) is 14.3. The molecule has 0 spiro atoms. The highest BCUT2D eigenvalue weighted by atomic mass is 35.5. The number of aromatic hydroxyl groups is 1. The predicted molar refractivity (Wildman–Crippen MR) is 78.0 cm³/mol. The second kappa shape index (κ2) is 6.08. The molecule has 3 nitrogen and oxygen atoms in total. The van der Waals surface area contributed by atoms with Crippen LogP contribution in [0.1, 0.15) is 27.0 Å². The van der Waals surface area contributed by atoms with Crippen LogP contribution >= 0.6 is 22.9 Å². The number of benzene rings is 1. The maximum Gasteiger partial charge on any atom is 0.255 e. The molecule has 2 rings (SSSR count). The molecule has 0 fully saturated rings. The first kappa shape index (κ1) is 13.9. The van der Waals surface area contributed by atoms with Crippen LogP contribution in [0.4, 0.5) is 0 Å². The van der Waals surface area contributed by atoms with Gasteiger partial charge in [-0.2, -0.15) is 0 Å². The first-order valence-electron chi connectivity index (χ1n) is 5.94. The number of phenolic OH excluding ortho intramolecular Hbond substituents is 1. The molecule has 1 aromatic heterocycles. The minimum Gasteiger partial charge on any atom is -0.507 e. The molecular formula is C14H14ClNO2S. The van der Waals surface area contributed by atoms with Crippen molar-refractivity contribution in [1.29, 1.82) is 0 Å². The fourth-order valence-electron chi connectivity index (χ4n) is 1.66. The van der Waals surface area contributed by atoms with E-state index < -0.39 is 0 Å². The van der Waals surface area contributed by atoms with E-state index in [0.29, 0.717) is 11.6 Å². The molecule has 0 aliphatic rings. The van der Waals surface area contributed by atoms with E-state index in [1.54, 1.807) is 17.4 Å². The van der Waals surface area contributed by atoms with Crippen LogP contribution < -0.4 is 5.32 Å². The van der Waals surface area contributed by atoms with Gasteiger partial charge in [-0.3, -0.25) is 4.79 Å². The number of thiophene rings is 1. The number of halogens is 1.